The Kier molecular flexibility index (Phi) is 4.43. The summed E-state index contributed by atoms with van der Waals surface area (Å²) in [6.07, 6.45) is 2.99. The fraction of sp³-hybridized carbons (Fsp3) is 0.353. The van der Waals surface area contributed by atoms with Crippen LogP contribution in [-0.2, 0) is 13.5 Å². The first kappa shape index (κ1) is 15.0. The molecule has 0 saturated carbocycles. The first-order valence-corrected chi connectivity index (χ1v) is 8.63. The van der Waals surface area contributed by atoms with E-state index < -0.39 is 0 Å². The smallest absolute Gasteiger partial charge is 0.323 e. The van der Waals surface area contributed by atoms with Crippen LogP contribution in [0.3, 0.4) is 0 Å². The van der Waals surface area contributed by atoms with Gasteiger partial charge in [0.2, 0.25) is 0 Å². The number of hydrogen-bond acceptors (Lipinski definition) is 2. The van der Waals surface area contributed by atoms with E-state index in [0.717, 1.165) is 24.4 Å². The molecule has 2 heterocycles. The molecule has 1 N–H and O–H groups in total. The minimum absolute atomic E-state index is 0.0237. The molecule has 0 spiro atoms. The maximum atomic E-state index is 12.6. The van der Waals surface area contributed by atoms with Gasteiger partial charge in [-0.15, -0.1) is 11.8 Å². The van der Waals surface area contributed by atoms with Crippen LogP contribution in [0.1, 0.15) is 23.6 Å². The molecule has 22 heavy (non-hydrogen) atoms. The lowest BCUT2D eigenvalue weighted by molar-refractivity contribution is 0.213. The van der Waals surface area contributed by atoms with Crippen LogP contribution in [0.5, 0.6) is 0 Å². The summed E-state index contributed by atoms with van der Waals surface area (Å²) in [7, 11) is 2.02. The molecule has 0 bridgehead atoms. The van der Waals surface area contributed by atoms with E-state index in [1.54, 1.807) is 0 Å². The third kappa shape index (κ3) is 2.99. The fourth-order valence-corrected chi connectivity index (χ4v) is 4.04. The van der Waals surface area contributed by atoms with Crippen molar-refractivity contribution in [1.82, 2.24) is 9.47 Å². The van der Waals surface area contributed by atoms with E-state index in [2.05, 4.69) is 28.9 Å². The van der Waals surface area contributed by atoms with Crippen LogP contribution in [0.15, 0.2) is 42.6 Å². The predicted octanol–water partition coefficient (Wildman–Crippen LogP) is 3.87. The number of anilines is 1. The van der Waals surface area contributed by atoms with Crippen molar-refractivity contribution in [2.45, 2.75) is 18.7 Å². The summed E-state index contributed by atoms with van der Waals surface area (Å²) in [4.78, 5) is 14.5. The zero-order chi connectivity index (χ0) is 15.5. The SMILES string of the molecule is CCc1cccc(NC(=O)N2CCSC2c2cccn2C)c1. The number of thioether (sulfide) groups is 1. The lowest BCUT2D eigenvalue weighted by atomic mass is 10.1. The zero-order valence-electron chi connectivity index (χ0n) is 13.0. The van der Waals surface area contributed by atoms with Gasteiger partial charge in [0.25, 0.3) is 0 Å². The number of rotatable bonds is 3. The molecule has 1 fully saturated rings. The molecule has 116 valence electrons. The molecule has 1 aromatic carbocycles. The molecule has 1 atom stereocenters. The minimum atomic E-state index is -0.0237. The van der Waals surface area contributed by atoms with Gasteiger partial charge in [0.15, 0.2) is 0 Å². The van der Waals surface area contributed by atoms with Gasteiger partial charge in [0, 0.05) is 31.2 Å². The van der Waals surface area contributed by atoms with Gasteiger partial charge in [-0.1, -0.05) is 19.1 Å². The first-order valence-electron chi connectivity index (χ1n) is 7.58. The van der Waals surface area contributed by atoms with Crippen LogP contribution in [0.2, 0.25) is 0 Å². The lowest BCUT2D eigenvalue weighted by Gasteiger charge is -2.24. The van der Waals surface area contributed by atoms with Gasteiger partial charge in [0.05, 0.1) is 5.69 Å². The second-order valence-corrected chi connectivity index (χ2v) is 6.63. The van der Waals surface area contributed by atoms with Gasteiger partial charge in [-0.3, -0.25) is 0 Å². The van der Waals surface area contributed by atoms with E-state index in [1.165, 1.54) is 11.3 Å². The summed E-state index contributed by atoms with van der Waals surface area (Å²) in [6, 6.07) is 12.1. The van der Waals surface area contributed by atoms with Crippen LogP contribution < -0.4 is 5.32 Å². The Morgan fingerprint density at radius 2 is 2.23 bits per heavy atom. The van der Waals surface area contributed by atoms with E-state index in [9.17, 15) is 4.79 Å². The number of carbonyl (C=O) groups is 1. The third-order valence-corrected chi connectivity index (χ3v) is 5.21. The van der Waals surface area contributed by atoms with Crippen molar-refractivity contribution in [3.63, 3.8) is 0 Å². The molecule has 0 radical (unpaired) electrons. The van der Waals surface area contributed by atoms with Gasteiger partial charge in [-0.25, -0.2) is 4.79 Å². The second-order valence-electron chi connectivity index (χ2n) is 5.44. The number of hydrogen-bond donors (Lipinski definition) is 1. The molecule has 4 nitrogen and oxygen atoms in total. The fourth-order valence-electron chi connectivity index (χ4n) is 2.72. The van der Waals surface area contributed by atoms with Gasteiger partial charge in [-0.05, 0) is 36.2 Å². The van der Waals surface area contributed by atoms with Crippen LogP contribution in [0.25, 0.3) is 0 Å². The third-order valence-electron chi connectivity index (χ3n) is 3.98. The predicted molar refractivity (Wildman–Crippen MR) is 92.2 cm³/mol. The molecule has 1 unspecified atom stereocenters. The number of nitrogens with zero attached hydrogens (tertiary/aromatic N) is 2. The topological polar surface area (TPSA) is 37.3 Å². The number of nitrogens with one attached hydrogen (secondary N) is 1. The molecule has 0 aliphatic carbocycles. The molecule has 1 aliphatic heterocycles. The largest absolute Gasteiger partial charge is 0.352 e. The minimum Gasteiger partial charge on any atom is -0.352 e. The van der Waals surface area contributed by atoms with Crippen molar-refractivity contribution in [2.24, 2.45) is 7.05 Å². The molecular weight excluding hydrogens is 294 g/mol. The highest BCUT2D eigenvalue weighted by Gasteiger charge is 2.32. The molecule has 1 saturated heterocycles. The van der Waals surface area contributed by atoms with Gasteiger partial charge < -0.3 is 14.8 Å². The Morgan fingerprint density at radius 3 is 2.95 bits per heavy atom. The molecule has 2 aromatic rings. The maximum Gasteiger partial charge on any atom is 0.323 e. The average Bonchev–Trinajstić information content (AvgIpc) is 3.15. The highest BCUT2D eigenvalue weighted by molar-refractivity contribution is 7.99. The summed E-state index contributed by atoms with van der Waals surface area (Å²) < 4.78 is 2.08. The van der Waals surface area contributed by atoms with Crippen LogP contribution >= 0.6 is 11.8 Å². The van der Waals surface area contributed by atoms with Crippen LogP contribution in [0.4, 0.5) is 10.5 Å². The van der Waals surface area contributed by atoms with Crippen molar-refractivity contribution < 1.29 is 4.79 Å². The van der Waals surface area contributed by atoms with Crippen molar-refractivity contribution >= 4 is 23.5 Å². The highest BCUT2D eigenvalue weighted by atomic mass is 32.2. The number of amides is 2. The number of aryl methyl sites for hydroxylation is 2. The number of carbonyl (C=O) groups excluding carboxylic acids is 1. The normalized spacial score (nSPS) is 17.7. The maximum absolute atomic E-state index is 12.6. The molecule has 1 aromatic heterocycles. The number of benzene rings is 1. The molecule has 2 amide bonds. The van der Waals surface area contributed by atoms with Crippen molar-refractivity contribution in [3.8, 4) is 0 Å². The van der Waals surface area contributed by atoms with E-state index in [1.807, 2.05) is 54.2 Å². The van der Waals surface area contributed by atoms with Crippen LogP contribution in [-0.4, -0.2) is 27.8 Å². The Balaban J connectivity index is 1.75. The van der Waals surface area contributed by atoms with E-state index in [-0.39, 0.29) is 11.4 Å². The van der Waals surface area contributed by atoms with Crippen molar-refractivity contribution in [2.75, 3.05) is 17.6 Å². The van der Waals surface area contributed by atoms with Crippen molar-refractivity contribution in [3.05, 3.63) is 53.9 Å². The summed E-state index contributed by atoms with van der Waals surface area (Å²) >= 11 is 1.81. The Morgan fingerprint density at radius 1 is 1.36 bits per heavy atom. The van der Waals surface area contributed by atoms with Gasteiger partial charge >= 0.3 is 6.03 Å². The molecular formula is C17H21N3OS. The quantitative estimate of drug-likeness (QED) is 0.933. The average molecular weight is 315 g/mol. The Bertz CT molecular complexity index is 667. The summed E-state index contributed by atoms with van der Waals surface area (Å²) in [5, 5.41) is 3.13. The van der Waals surface area contributed by atoms with Gasteiger partial charge in [-0.2, -0.15) is 0 Å². The van der Waals surface area contributed by atoms with Crippen molar-refractivity contribution in [1.29, 1.82) is 0 Å². The van der Waals surface area contributed by atoms with E-state index in [0.29, 0.717) is 0 Å². The zero-order valence-corrected chi connectivity index (χ0v) is 13.8. The summed E-state index contributed by atoms with van der Waals surface area (Å²) in [6.45, 7) is 2.89. The highest BCUT2D eigenvalue weighted by Crippen LogP contribution is 2.38. The lowest BCUT2D eigenvalue weighted by Crippen LogP contribution is -2.34. The van der Waals surface area contributed by atoms with Crippen LogP contribution in [0, 0.1) is 0 Å². The van der Waals surface area contributed by atoms with E-state index in [4.69, 9.17) is 0 Å². The Labute approximate surface area is 135 Å². The standard InChI is InChI=1S/C17H21N3OS/c1-3-13-6-4-7-14(12-13)18-17(21)20-10-11-22-16(20)15-8-5-9-19(15)2/h4-9,12,16H,3,10-11H2,1-2H3,(H,18,21). The van der Waals surface area contributed by atoms with E-state index >= 15 is 0 Å². The Hall–Kier alpha value is -1.88. The second kappa shape index (κ2) is 6.48. The molecule has 1 aliphatic rings. The summed E-state index contributed by atoms with van der Waals surface area (Å²) in [5.41, 5.74) is 3.26. The molecule has 3 rings (SSSR count). The molecule has 5 heteroatoms. The number of aromatic nitrogens is 1. The summed E-state index contributed by atoms with van der Waals surface area (Å²) in [5.74, 6) is 0.971. The first-order chi connectivity index (χ1) is 10.7. The van der Waals surface area contributed by atoms with Gasteiger partial charge in [0.1, 0.15) is 5.37 Å². The number of urea groups is 1. The monoisotopic (exact) mass is 315 g/mol.